The van der Waals surface area contributed by atoms with E-state index in [9.17, 15) is 19.1 Å². The number of halogens is 1. The van der Waals surface area contributed by atoms with Crippen LogP contribution in [0.3, 0.4) is 0 Å². The Bertz CT molecular complexity index is 1090. The molecule has 0 spiro atoms. The van der Waals surface area contributed by atoms with Gasteiger partial charge in [0.1, 0.15) is 5.82 Å². The smallest absolute Gasteiger partial charge is 0.294 e. The van der Waals surface area contributed by atoms with Crippen LogP contribution in [0.4, 0.5) is 10.1 Å². The first-order chi connectivity index (χ1) is 13.5. The van der Waals surface area contributed by atoms with Gasteiger partial charge in [0.15, 0.2) is 5.76 Å². The summed E-state index contributed by atoms with van der Waals surface area (Å²) >= 11 is 1.25. The molecule has 1 amide bonds. The van der Waals surface area contributed by atoms with E-state index in [2.05, 4.69) is 0 Å². The lowest BCUT2D eigenvalue weighted by Crippen LogP contribution is -2.31. The molecule has 1 aliphatic rings. The molecule has 1 atom stereocenters. The van der Waals surface area contributed by atoms with Crippen LogP contribution in [0.15, 0.2) is 77.4 Å². The number of rotatable bonds is 4. The van der Waals surface area contributed by atoms with Crippen molar-refractivity contribution in [2.75, 3.05) is 4.90 Å². The molecule has 0 fully saturated rings. The van der Waals surface area contributed by atoms with Gasteiger partial charge in [-0.2, -0.15) is 0 Å². The molecule has 6 heteroatoms. The van der Waals surface area contributed by atoms with Gasteiger partial charge in [0.05, 0.1) is 16.5 Å². The maximum absolute atomic E-state index is 13.4. The molecule has 0 bridgehead atoms. The largest absolute Gasteiger partial charge is 0.503 e. The second-order valence-electron chi connectivity index (χ2n) is 6.54. The molecule has 0 aliphatic carbocycles. The van der Waals surface area contributed by atoms with Crippen molar-refractivity contribution in [1.29, 1.82) is 0 Å². The molecule has 0 radical (unpaired) electrons. The molecule has 4 rings (SSSR count). The summed E-state index contributed by atoms with van der Waals surface area (Å²) in [6.45, 7) is 1.91. The molecule has 1 unspecified atom stereocenters. The lowest BCUT2D eigenvalue weighted by atomic mass is 9.94. The topological polar surface area (TPSA) is 57.6 Å². The van der Waals surface area contributed by atoms with Crippen LogP contribution in [0.25, 0.3) is 0 Å². The number of aryl methyl sites for hydroxylation is 1. The monoisotopic (exact) mass is 393 g/mol. The summed E-state index contributed by atoms with van der Waals surface area (Å²) in [5.74, 6) is -2.08. The summed E-state index contributed by atoms with van der Waals surface area (Å²) in [6, 6.07) is 15.4. The van der Waals surface area contributed by atoms with Crippen LogP contribution in [0.5, 0.6) is 0 Å². The van der Waals surface area contributed by atoms with Gasteiger partial charge in [0, 0.05) is 5.69 Å². The number of aliphatic hydroxyl groups excluding tert-OH is 1. The van der Waals surface area contributed by atoms with E-state index in [4.69, 9.17) is 0 Å². The normalized spacial score (nSPS) is 16.7. The van der Waals surface area contributed by atoms with Gasteiger partial charge in [-0.1, -0.05) is 35.9 Å². The number of benzene rings is 2. The van der Waals surface area contributed by atoms with Gasteiger partial charge in [0.2, 0.25) is 5.78 Å². The van der Waals surface area contributed by atoms with E-state index >= 15 is 0 Å². The van der Waals surface area contributed by atoms with E-state index in [0.29, 0.717) is 16.1 Å². The average molecular weight is 393 g/mol. The molecular formula is C22H16FNO3S. The minimum absolute atomic E-state index is 0.0300. The van der Waals surface area contributed by atoms with Crippen LogP contribution in [-0.2, 0) is 4.79 Å². The van der Waals surface area contributed by atoms with Crippen molar-refractivity contribution in [1.82, 2.24) is 0 Å². The second-order valence-corrected chi connectivity index (χ2v) is 7.48. The molecule has 2 heterocycles. The first-order valence-electron chi connectivity index (χ1n) is 8.64. The Morgan fingerprint density at radius 3 is 2.50 bits per heavy atom. The third-order valence-electron chi connectivity index (χ3n) is 4.66. The minimum atomic E-state index is -0.799. The number of carbonyl (C=O) groups is 2. The predicted octanol–water partition coefficient (Wildman–Crippen LogP) is 4.98. The van der Waals surface area contributed by atoms with Crippen LogP contribution in [0.1, 0.15) is 26.8 Å². The Morgan fingerprint density at radius 1 is 1.11 bits per heavy atom. The average Bonchev–Trinajstić information content (AvgIpc) is 3.30. The van der Waals surface area contributed by atoms with Gasteiger partial charge in [0.25, 0.3) is 5.91 Å². The fourth-order valence-corrected chi connectivity index (χ4v) is 4.08. The summed E-state index contributed by atoms with van der Waals surface area (Å²) < 4.78 is 13.4. The number of amides is 1. The number of aliphatic hydroxyl groups is 1. The van der Waals surface area contributed by atoms with Crippen LogP contribution < -0.4 is 4.90 Å². The summed E-state index contributed by atoms with van der Waals surface area (Å²) in [4.78, 5) is 27.8. The molecule has 2 aromatic carbocycles. The zero-order valence-corrected chi connectivity index (χ0v) is 15.7. The Morgan fingerprint density at radius 2 is 1.86 bits per heavy atom. The van der Waals surface area contributed by atoms with Gasteiger partial charge < -0.3 is 5.11 Å². The van der Waals surface area contributed by atoms with Gasteiger partial charge in [-0.25, -0.2) is 4.39 Å². The highest BCUT2D eigenvalue weighted by Gasteiger charge is 2.44. The number of hydrogen-bond donors (Lipinski definition) is 1. The quantitative estimate of drug-likeness (QED) is 0.636. The number of thiophene rings is 1. The number of anilines is 1. The van der Waals surface area contributed by atoms with E-state index in [1.165, 1.54) is 40.5 Å². The SMILES string of the molecule is Cc1cccc(C2C(C(=O)c3cccs3)=C(O)C(=O)N2c2ccc(F)cc2)c1. The number of ketones is 1. The van der Waals surface area contributed by atoms with E-state index in [-0.39, 0.29) is 5.57 Å². The molecule has 28 heavy (non-hydrogen) atoms. The highest BCUT2D eigenvalue weighted by molar-refractivity contribution is 7.12. The third-order valence-corrected chi connectivity index (χ3v) is 5.53. The van der Waals surface area contributed by atoms with Crippen molar-refractivity contribution < 1.29 is 19.1 Å². The van der Waals surface area contributed by atoms with E-state index in [1.54, 1.807) is 17.5 Å². The molecular weight excluding hydrogens is 377 g/mol. The van der Waals surface area contributed by atoms with Crippen molar-refractivity contribution in [3.8, 4) is 0 Å². The van der Waals surface area contributed by atoms with Gasteiger partial charge >= 0.3 is 0 Å². The van der Waals surface area contributed by atoms with Crippen LogP contribution in [-0.4, -0.2) is 16.8 Å². The minimum Gasteiger partial charge on any atom is -0.503 e. The zero-order chi connectivity index (χ0) is 19.8. The maximum atomic E-state index is 13.4. The zero-order valence-electron chi connectivity index (χ0n) is 14.9. The van der Waals surface area contributed by atoms with Crippen LogP contribution in [0, 0.1) is 12.7 Å². The van der Waals surface area contributed by atoms with Gasteiger partial charge in [-0.3, -0.25) is 14.5 Å². The van der Waals surface area contributed by atoms with Crippen LogP contribution >= 0.6 is 11.3 Å². The Hall–Kier alpha value is -3.25. The molecule has 1 N–H and O–H groups in total. The molecule has 4 nitrogen and oxygen atoms in total. The molecule has 140 valence electrons. The third kappa shape index (κ3) is 3.01. The van der Waals surface area contributed by atoms with Gasteiger partial charge in [-0.15, -0.1) is 11.3 Å². The van der Waals surface area contributed by atoms with E-state index in [1.807, 2.05) is 31.2 Å². The van der Waals surface area contributed by atoms with Gasteiger partial charge in [-0.05, 0) is 48.2 Å². The van der Waals surface area contributed by atoms with Crippen molar-refractivity contribution in [2.24, 2.45) is 0 Å². The van der Waals surface area contributed by atoms with Crippen LogP contribution in [0.2, 0.25) is 0 Å². The summed E-state index contributed by atoms with van der Waals surface area (Å²) in [5, 5.41) is 12.4. The summed E-state index contributed by atoms with van der Waals surface area (Å²) in [5.41, 5.74) is 2.08. The fraction of sp³-hybridized carbons (Fsp3) is 0.0909. The van der Waals surface area contributed by atoms with E-state index in [0.717, 1.165) is 5.56 Å². The van der Waals surface area contributed by atoms with Crippen molar-refractivity contribution in [2.45, 2.75) is 13.0 Å². The molecule has 1 aromatic heterocycles. The van der Waals surface area contributed by atoms with Crippen molar-refractivity contribution >= 4 is 28.7 Å². The summed E-state index contributed by atoms with van der Waals surface area (Å²) in [7, 11) is 0. The number of nitrogens with zero attached hydrogens (tertiary/aromatic N) is 1. The first kappa shape index (κ1) is 18.1. The lowest BCUT2D eigenvalue weighted by molar-refractivity contribution is -0.117. The standard InChI is InChI=1S/C22H16FNO3S/c1-13-4-2-5-14(12-13)19-18(20(25)17-6-3-11-28-17)21(26)22(27)24(19)16-9-7-15(23)8-10-16/h2-12,19,26H,1H3. The highest BCUT2D eigenvalue weighted by atomic mass is 32.1. The Balaban J connectivity index is 1.89. The first-order valence-corrected chi connectivity index (χ1v) is 9.52. The van der Waals surface area contributed by atoms with Crippen molar-refractivity contribution in [3.05, 3.63) is 99.2 Å². The molecule has 1 aliphatic heterocycles. The lowest BCUT2D eigenvalue weighted by Gasteiger charge is -2.27. The molecule has 0 saturated carbocycles. The molecule has 3 aromatic rings. The fourth-order valence-electron chi connectivity index (χ4n) is 3.40. The molecule has 0 saturated heterocycles. The van der Waals surface area contributed by atoms with Crippen molar-refractivity contribution in [3.63, 3.8) is 0 Å². The predicted molar refractivity (Wildman–Crippen MR) is 106 cm³/mol. The highest BCUT2D eigenvalue weighted by Crippen LogP contribution is 2.42. The Kier molecular flexibility index (Phi) is 4.57. The second kappa shape index (κ2) is 7.05. The number of Topliss-reactive ketones (excluding diaryl/α,β-unsaturated/α-hetero) is 1. The maximum Gasteiger partial charge on any atom is 0.294 e. The van der Waals surface area contributed by atoms with E-state index < -0.39 is 29.3 Å². The summed E-state index contributed by atoms with van der Waals surface area (Å²) in [6.07, 6.45) is 0. The number of carbonyl (C=O) groups excluding carboxylic acids is 2. The Labute approximate surface area is 165 Å². The number of hydrogen-bond acceptors (Lipinski definition) is 4.